The maximum Gasteiger partial charge on any atom is 0.335 e. The van der Waals surface area contributed by atoms with Crippen LogP contribution in [0.3, 0.4) is 0 Å². The second-order valence-electron chi connectivity index (χ2n) is 25.5. The number of carbonyl (C=O) groups is 1. The molecular formula is C97H82N2O2P4Pd. The van der Waals surface area contributed by atoms with Crippen molar-refractivity contribution in [3.8, 4) is 17.3 Å². The first-order valence-electron chi connectivity index (χ1n) is 35.9. The van der Waals surface area contributed by atoms with E-state index >= 15 is 0 Å². The van der Waals surface area contributed by atoms with Crippen molar-refractivity contribution in [2.75, 3.05) is 0 Å². The molecular weight excluding hydrogens is 1460 g/mol. The number of hydrogen-bond donors (Lipinski definition) is 1. The quantitative estimate of drug-likeness (QED) is 0.0871. The molecule has 0 radical (unpaired) electrons. The topological polar surface area (TPSA) is 66.0 Å². The van der Waals surface area contributed by atoms with Crippen molar-refractivity contribution in [1.29, 1.82) is 5.26 Å². The van der Waals surface area contributed by atoms with Crippen LogP contribution in [0, 0.1) is 11.3 Å². The smallest absolute Gasteiger partial charge is 0.335 e. The average molecular weight is 1540 g/mol. The molecule has 17 rings (SSSR count). The van der Waals surface area contributed by atoms with Crippen LogP contribution in [0.5, 0.6) is 0 Å². The van der Waals surface area contributed by atoms with Gasteiger partial charge in [0.05, 0.1) is 23.9 Å². The predicted octanol–water partition coefficient (Wildman–Crippen LogP) is 19.8. The van der Waals surface area contributed by atoms with Gasteiger partial charge in [0.1, 0.15) is 0 Å². The molecule has 0 saturated heterocycles. The van der Waals surface area contributed by atoms with Gasteiger partial charge in [-0.1, -0.05) is 414 Å². The maximum atomic E-state index is 11.6. The van der Waals surface area contributed by atoms with Gasteiger partial charge in [-0.2, -0.15) is 5.26 Å². The van der Waals surface area contributed by atoms with Gasteiger partial charge in [-0.05, 0) is 143 Å². The average Bonchev–Trinajstić information content (AvgIpc) is 1.58. The fourth-order valence-electron chi connectivity index (χ4n) is 13.8. The van der Waals surface area contributed by atoms with Crippen molar-refractivity contribution in [3.05, 3.63) is 429 Å². The number of benzene rings is 14. The van der Waals surface area contributed by atoms with Crippen molar-refractivity contribution in [2.24, 2.45) is 0 Å². The molecule has 0 amide bonds. The summed E-state index contributed by atoms with van der Waals surface area (Å²) in [6, 6.07) is 145. The van der Waals surface area contributed by atoms with Gasteiger partial charge in [-0.25, -0.2) is 4.79 Å². The fourth-order valence-corrected chi connectivity index (χ4v) is 23.0. The van der Waals surface area contributed by atoms with Crippen LogP contribution in [0.1, 0.15) is 59.5 Å². The van der Waals surface area contributed by atoms with Crippen LogP contribution in [0.25, 0.3) is 28.2 Å². The molecule has 522 valence electrons. The number of rotatable bonds is 14. The number of aromatic carboxylic acids is 1. The molecule has 14 aromatic carbocycles. The summed E-state index contributed by atoms with van der Waals surface area (Å²) in [6.45, 7) is 0.465. The Bertz CT molecular complexity index is 4370. The first kappa shape index (κ1) is 75.4. The van der Waals surface area contributed by atoms with E-state index in [1.807, 2.05) is 24.3 Å². The number of allylic oxidation sites excluding steroid dienone is 1. The van der Waals surface area contributed by atoms with Gasteiger partial charge in [0.2, 0.25) is 0 Å². The van der Waals surface area contributed by atoms with Crippen molar-refractivity contribution >= 4 is 118 Å². The molecule has 1 aliphatic heterocycles. The molecule has 0 bridgehead atoms. The van der Waals surface area contributed by atoms with Gasteiger partial charge in [0, 0.05) is 42.5 Å². The van der Waals surface area contributed by atoms with Gasteiger partial charge < -0.3 is 9.67 Å². The molecule has 0 atom stereocenters. The van der Waals surface area contributed by atoms with E-state index in [2.05, 4.69) is 387 Å². The molecule has 1 N–H and O–H groups in total. The monoisotopic (exact) mass is 1540 g/mol. The molecule has 4 nitrogen and oxygen atoms in total. The third-order valence-electron chi connectivity index (χ3n) is 18.6. The molecule has 15 aromatic rings. The van der Waals surface area contributed by atoms with Crippen molar-refractivity contribution < 1.29 is 30.3 Å². The molecule has 1 fully saturated rings. The molecule has 1 saturated carbocycles. The van der Waals surface area contributed by atoms with Crippen LogP contribution < -0.4 is 63.7 Å². The minimum atomic E-state index is -0.924. The number of nitrogens with zero attached hydrogens (tertiary/aromatic N) is 2. The van der Waals surface area contributed by atoms with E-state index in [0.29, 0.717) is 18.0 Å². The van der Waals surface area contributed by atoms with E-state index in [4.69, 9.17) is 0 Å². The first-order valence-corrected chi connectivity index (χ1v) is 41.2. The van der Waals surface area contributed by atoms with Gasteiger partial charge in [0.15, 0.2) is 0 Å². The number of nitriles is 1. The fraction of sp³-hybridized carbons (Fsp3) is 0.0722. The predicted molar refractivity (Wildman–Crippen MR) is 454 cm³/mol. The summed E-state index contributed by atoms with van der Waals surface area (Å²) in [6.07, 6.45) is 8.03. The minimum Gasteiger partial charge on any atom is -0.478 e. The largest absolute Gasteiger partial charge is 0.478 e. The van der Waals surface area contributed by atoms with Crippen molar-refractivity contribution in [3.63, 3.8) is 0 Å². The Morgan fingerprint density at radius 2 is 0.594 bits per heavy atom. The minimum absolute atomic E-state index is 0. The SMILES string of the molecule is N#CC1=Cc2ccccc2-c2c(C3CCCCC3)c3ccc(C(=O)O)cc3n2C1.[Pd].c1ccc(P(c2ccccc2)c2ccccc2)cc1.c1ccc(P(c2ccccc2)c2ccccc2)cc1.c1ccc(P(c2ccccc2)c2ccccc2)cc1.c1ccc(P(c2ccccc2)c2ccccc2)cc1. The first-order chi connectivity index (χ1) is 52.0. The van der Waals surface area contributed by atoms with E-state index in [0.717, 1.165) is 40.6 Å². The summed E-state index contributed by atoms with van der Waals surface area (Å²) in [5, 5.41) is 37.2. The molecule has 2 heterocycles. The van der Waals surface area contributed by atoms with Crippen molar-refractivity contribution in [1.82, 2.24) is 4.57 Å². The molecule has 106 heavy (non-hydrogen) atoms. The van der Waals surface area contributed by atoms with E-state index in [1.54, 1.807) is 12.1 Å². The number of carboxylic acids is 1. The van der Waals surface area contributed by atoms with Crippen LogP contribution in [-0.2, 0) is 27.0 Å². The third-order valence-corrected chi connectivity index (χ3v) is 28.3. The Balaban J connectivity index is 0.000000125. The second kappa shape index (κ2) is 39.2. The van der Waals surface area contributed by atoms with Crippen LogP contribution in [0.2, 0.25) is 0 Å². The molecule has 0 spiro atoms. The normalized spacial score (nSPS) is 12.1. The number of carboxylic acid groups (broad SMARTS) is 1. The zero-order valence-corrected chi connectivity index (χ0v) is 64.1. The molecule has 9 heteroatoms. The molecule has 1 aliphatic carbocycles. The van der Waals surface area contributed by atoms with Gasteiger partial charge in [0.25, 0.3) is 0 Å². The Morgan fingerprint density at radius 1 is 0.340 bits per heavy atom. The molecule has 0 unspecified atom stereocenters. The summed E-state index contributed by atoms with van der Waals surface area (Å²) in [4.78, 5) is 11.6. The van der Waals surface area contributed by atoms with Crippen molar-refractivity contribution in [2.45, 2.75) is 44.6 Å². The summed E-state index contributed by atoms with van der Waals surface area (Å²) in [7, 11) is -1.78. The number of aromatic nitrogens is 1. The second-order valence-corrected chi connectivity index (χ2v) is 34.3. The Hall–Kier alpha value is -10.3. The summed E-state index contributed by atoms with van der Waals surface area (Å²) < 4.78 is 2.17. The van der Waals surface area contributed by atoms with E-state index in [9.17, 15) is 15.2 Å². The maximum absolute atomic E-state index is 11.6. The molecule has 2 aliphatic rings. The van der Waals surface area contributed by atoms with Gasteiger partial charge in [-0.15, -0.1) is 0 Å². The van der Waals surface area contributed by atoms with E-state index in [-0.39, 0.29) is 26.0 Å². The van der Waals surface area contributed by atoms with Gasteiger partial charge >= 0.3 is 5.97 Å². The van der Waals surface area contributed by atoms with Crippen LogP contribution in [0.4, 0.5) is 0 Å². The Morgan fingerprint density at radius 3 is 0.849 bits per heavy atom. The van der Waals surface area contributed by atoms with Crippen LogP contribution in [0.15, 0.2) is 412 Å². The standard InChI is InChI=1S/C25H22N2O2.4C18H15P.Pd/c26-14-16-12-18-8-4-5-9-20(18)24-23(17-6-2-1-3-7-17)21-11-10-19(25(28)29)13-22(21)27(24)15-16;4*1-4-10-16(11-5-1)19(17-12-6-2-7-13-17)18-14-8-3-9-15-18;/h4-5,8-13,17H,1-3,6-7,15H2,(H,28,29);4*1-15H;. The summed E-state index contributed by atoms with van der Waals surface area (Å²) in [5.41, 5.74) is 6.56. The number of hydrogen-bond acceptors (Lipinski definition) is 2. The van der Waals surface area contributed by atoms with Gasteiger partial charge in [-0.3, -0.25) is 0 Å². The Kier molecular flexibility index (Phi) is 27.9. The van der Waals surface area contributed by atoms with Crippen LogP contribution in [-0.4, -0.2) is 15.6 Å². The summed E-state index contributed by atoms with van der Waals surface area (Å²) in [5.74, 6) is -0.457. The summed E-state index contributed by atoms with van der Waals surface area (Å²) >= 11 is 0. The Labute approximate surface area is 644 Å². The zero-order chi connectivity index (χ0) is 71.6. The van der Waals surface area contributed by atoms with E-state index in [1.165, 1.54) is 88.5 Å². The number of fused-ring (bicyclic) bond motifs is 5. The molecule has 1 aromatic heterocycles. The zero-order valence-electron chi connectivity index (χ0n) is 58.9. The van der Waals surface area contributed by atoms with E-state index < -0.39 is 37.7 Å². The third kappa shape index (κ3) is 19.4. The van der Waals surface area contributed by atoms with Crippen LogP contribution >= 0.6 is 31.7 Å².